The highest BCUT2D eigenvalue weighted by Crippen LogP contribution is 2.22. The van der Waals surface area contributed by atoms with E-state index in [0.29, 0.717) is 18.7 Å². The van der Waals surface area contributed by atoms with Crippen LogP contribution < -0.4 is 5.32 Å². The van der Waals surface area contributed by atoms with E-state index >= 15 is 0 Å². The minimum atomic E-state index is -0.739. The molecule has 2 aromatic rings. The number of benzene rings is 1. The van der Waals surface area contributed by atoms with Crippen molar-refractivity contribution < 1.29 is 5.11 Å². The van der Waals surface area contributed by atoms with Crippen LogP contribution in [0.3, 0.4) is 0 Å². The molecule has 0 bridgehead atoms. The fraction of sp³-hybridized carbons (Fsp3) is 0.444. The third-order valence-electron chi connectivity index (χ3n) is 4.23. The number of hydrogen-bond acceptors (Lipinski definition) is 4. The van der Waals surface area contributed by atoms with E-state index in [9.17, 15) is 5.11 Å². The Kier molecular flexibility index (Phi) is 5.19. The molecule has 0 radical (unpaired) electrons. The van der Waals surface area contributed by atoms with Gasteiger partial charge in [-0.1, -0.05) is 26.0 Å². The summed E-state index contributed by atoms with van der Waals surface area (Å²) in [6, 6.07) is 9.54. The molecule has 0 spiro atoms. The van der Waals surface area contributed by atoms with Crippen molar-refractivity contribution in [3.05, 3.63) is 41.6 Å². The van der Waals surface area contributed by atoms with Crippen LogP contribution in [0.15, 0.2) is 30.5 Å². The van der Waals surface area contributed by atoms with Gasteiger partial charge in [0.2, 0.25) is 0 Å². The highest BCUT2D eigenvalue weighted by atomic mass is 16.3. The number of aryl methyl sites for hydroxylation is 1. The zero-order valence-electron chi connectivity index (χ0n) is 14.2. The van der Waals surface area contributed by atoms with E-state index < -0.39 is 5.60 Å². The molecule has 2 rings (SSSR count). The summed E-state index contributed by atoms with van der Waals surface area (Å²) in [5.74, 6) is 0.182. The van der Waals surface area contributed by atoms with Gasteiger partial charge in [0.05, 0.1) is 22.9 Å². The van der Waals surface area contributed by atoms with E-state index in [0.717, 1.165) is 16.8 Å². The fourth-order valence-electron chi connectivity index (χ4n) is 2.27. The van der Waals surface area contributed by atoms with Crippen LogP contribution in [0.25, 0.3) is 11.3 Å². The summed E-state index contributed by atoms with van der Waals surface area (Å²) in [6.07, 6.45) is 1.98. The first kappa shape index (κ1) is 17.2. The quantitative estimate of drug-likeness (QED) is 0.859. The zero-order valence-corrected chi connectivity index (χ0v) is 14.2. The first-order chi connectivity index (χ1) is 10.8. The maximum Gasteiger partial charge on any atom is 0.0991 e. The van der Waals surface area contributed by atoms with Gasteiger partial charge < -0.3 is 10.4 Å². The molecule has 0 saturated heterocycles. The lowest BCUT2D eigenvalue weighted by Crippen LogP contribution is -2.41. The Balaban J connectivity index is 2.13. The van der Waals surface area contributed by atoms with Crippen molar-refractivity contribution >= 4 is 0 Å². The monoisotopic (exact) mass is 312 g/mol. The SMILES string of the molecule is CC(C)C(C)(O)CNCc1cn(C)nc1-c1ccc(C#N)cc1. The summed E-state index contributed by atoms with van der Waals surface area (Å²) in [6.45, 7) is 7.01. The normalized spacial score (nSPS) is 13.8. The minimum absolute atomic E-state index is 0.182. The van der Waals surface area contributed by atoms with Crippen LogP contribution in [0.1, 0.15) is 31.9 Å². The molecule has 0 aliphatic carbocycles. The predicted molar refractivity (Wildman–Crippen MR) is 90.5 cm³/mol. The van der Waals surface area contributed by atoms with Gasteiger partial charge in [-0.05, 0) is 25.0 Å². The molecule has 1 unspecified atom stereocenters. The van der Waals surface area contributed by atoms with Crippen molar-refractivity contribution in [2.75, 3.05) is 6.54 Å². The predicted octanol–water partition coefficient (Wildman–Crippen LogP) is 2.46. The maximum absolute atomic E-state index is 10.3. The number of nitrogens with zero attached hydrogens (tertiary/aromatic N) is 3. The topological polar surface area (TPSA) is 73.9 Å². The molecule has 0 fully saturated rings. The van der Waals surface area contributed by atoms with Crippen LogP contribution in [-0.2, 0) is 13.6 Å². The van der Waals surface area contributed by atoms with E-state index in [2.05, 4.69) is 16.5 Å². The van der Waals surface area contributed by atoms with Crippen LogP contribution >= 0.6 is 0 Å². The Morgan fingerprint density at radius 2 is 2.00 bits per heavy atom. The fourth-order valence-corrected chi connectivity index (χ4v) is 2.27. The number of aliphatic hydroxyl groups is 1. The van der Waals surface area contributed by atoms with Crippen molar-refractivity contribution in [1.29, 1.82) is 5.26 Å². The standard InChI is InChI=1S/C18H24N4O/c1-13(2)18(3,23)12-20-10-16-11-22(4)21-17(16)15-7-5-14(9-19)6-8-15/h5-8,11,13,20,23H,10,12H2,1-4H3. The maximum atomic E-state index is 10.3. The Labute approximate surface area is 137 Å². The van der Waals surface area contributed by atoms with Crippen LogP contribution in [0.5, 0.6) is 0 Å². The van der Waals surface area contributed by atoms with E-state index in [4.69, 9.17) is 5.26 Å². The number of nitrogens with one attached hydrogen (secondary N) is 1. The summed E-state index contributed by atoms with van der Waals surface area (Å²) in [4.78, 5) is 0. The molecule has 1 aromatic heterocycles. The number of nitriles is 1. The molecular formula is C18H24N4O. The van der Waals surface area contributed by atoms with Crippen LogP contribution in [0.2, 0.25) is 0 Å². The summed E-state index contributed by atoms with van der Waals surface area (Å²) in [7, 11) is 1.89. The van der Waals surface area contributed by atoms with Gasteiger partial charge in [-0.3, -0.25) is 4.68 Å². The molecule has 1 aromatic carbocycles. The van der Waals surface area contributed by atoms with Gasteiger partial charge >= 0.3 is 0 Å². The molecule has 23 heavy (non-hydrogen) atoms. The van der Waals surface area contributed by atoms with Gasteiger partial charge in [0.15, 0.2) is 0 Å². The third kappa shape index (κ3) is 4.19. The molecule has 1 atom stereocenters. The van der Waals surface area contributed by atoms with Gasteiger partial charge in [0.1, 0.15) is 0 Å². The summed E-state index contributed by atoms with van der Waals surface area (Å²) in [5.41, 5.74) is 2.84. The van der Waals surface area contributed by atoms with E-state index in [1.807, 2.05) is 46.1 Å². The van der Waals surface area contributed by atoms with Gasteiger partial charge in [-0.15, -0.1) is 0 Å². The Morgan fingerprint density at radius 3 is 2.57 bits per heavy atom. The Bertz CT molecular complexity index is 693. The van der Waals surface area contributed by atoms with E-state index in [1.54, 1.807) is 16.8 Å². The lowest BCUT2D eigenvalue weighted by molar-refractivity contribution is 0.0140. The van der Waals surface area contributed by atoms with Crippen LogP contribution in [0, 0.1) is 17.2 Å². The van der Waals surface area contributed by atoms with E-state index in [1.165, 1.54) is 0 Å². The minimum Gasteiger partial charge on any atom is -0.389 e. The molecule has 0 aliphatic rings. The molecule has 0 aliphatic heterocycles. The Morgan fingerprint density at radius 1 is 1.35 bits per heavy atom. The zero-order chi connectivity index (χ0) is 17.0. The Hall–Kier alpha value is -2.16. The second-order valence-corrected chi connectivity index (χ2v) is 6.48. The summed E-state index contributed by atoms with van der Waals surface area (Å²) >= 11 is 0. The lowest BCUT2D eigenvalue weighted by atomic mass is 9.92. The van der Waals surface area contributed by atoms with Crippen molar-refractivity contribution in [1.82, 2.24) is 15.1 Å². The highest BCUT2D eigenvalue weighted by Gasteiger charge is 2.24. The van der Waals surface area contributed by atoms with Crippen molar-refractivity contribution in [2.24, 2.45) is 13.0 Å². The first-order valence-electron chi connectivity index (χ1n) is 7.79. The van der Waals surface area contributed by atoms with Crippen LogP contribution in [0.4, 0.5) is 0 Å². The second-order valence-electron chi connectivity index (χ2n) is 6.48. The van der Waals surface area contributed by atoms with E-state index in [-0.39, 0.29) is 5.92 Å². The molecule has 5 nitrogen and oxygen atoms in total. The first-order valence-corrected chi connectivity index (χ1v) is 7.79. The van der Waals surface area contributed by atoms with Gasteiger partial charge in [0.25, 0.3) is 0 Å². The van der Waals surface area contributed by atoms with Crippen LogP contribution in [-0.4, -0.2) is 27.0 Å². The molecule has 1 heterocycles. The van der Waals surface area contributed by atoms with Gasteiger partial charge in [-0.25, -0.2) is 0 Å². The molecule has 2 N–H and O–H groups in total. The lowest BCUT2D eigenvalue weighted by Gasteiger charge is -2.27. The number of aromatic nitrogens is 2. The molecule has 5 heteroatoms. The third-order valence-corrected chi connectivity index (χ3v) is 4.23. The molecule has 122 valence electrons. The number of rotatable bonds is 6. The number of hydrogen-bond donors (Lipinski definition) is 2. The second kappa shape index (κ2) is 6.95. The highest BCUT2D eigenvalue weighted by molar-refractivity contribution is 5.63. The van der Waals surface area contributed by atoms with Crippen molar-refractivity contribution in [3.8, 4) is 17.3 Å². The smallest absolute Gasteiger partial charge is 0.0991 e. The average molecular weight is 312 g/mol. The van der Waals surface area contributed by atoms with Crippen molar-refractivity contribution in [3.63, 3.8) is 0 Å². The molecule has 0 amide bonds. The average Bonchev–Trinajstić information content (AvgIpc) is 2.88. The summed E-state index contributed by atoms with van der Waals surface area (Å²) < 4.78 is 1.78. The van der Waals surface area contributed by atoms with Crippen molar-refractivity contribution in [2.45, 2.75) is 32.9 Å². The molecular weight excluding hydrogens is 288 g/mol. The summed E-state index contributed by atoms with van der Waals surface area (Å²) in [5, 5.41) is 27.0. The van der Waals surface area contributed by atoms with Gasteiger partial charge in [-0.2, -0.15) is 10.4 Å². The van der Waals surface area contributed by atoms with Gasteiger partial charge in [0, 0.05) is 37.5 Å². The largest absolute Gasteiger partial charge is 0.389 e. The molecule has 0 saturated carbocycles.